The molecule has 0 aliphatic heterocycles. The molecule has 1 unspecified atom stereocenters. The Morgan fingerprint density at radius 3 is 2.67 bits per heavy atom. The van der Waals surface area contributed by atoms with Gasteiger partial charge in [0.25, 0.3) is 0 Å². The van der Waals surface area contributed by atoms with E-state index < -0.39 is 0 Å². The summed E-state index contributed by atoms with van der Waals surface area (Å²) in [5.41, 5.74) is 0. The first kappa shape index (κ1) is 14.9. The number of thiophene rings is 1. The standard InChI is InChI=1S/C13H19NO3S/c1-9(2)14-10(6-7-12(15)17-3)13(16)11-5-4-8-18-11/h4-5,8-10,14H,6-7H2,1-3H3. The van der Waals surface area contributed by atoms with Crippen molar-refractivity contribution in [2.24, 2.45) is 0 Å². The Kier molecular flexibility index (Phi) is 6.01. The second-order valence-electron chi connectivity index (χ2n) is 4.33. The van der Waals surface area contributed by atoms with Crippen LogP contribution in [-0.4, -0.2) is 30.9 Å². The third-order valence-corrected chi connectivity index (χ3v) is 3.36. The topological polar surface area (TPSA) is 55.4 Å². The summed E-state index contributed by atoms with van der Waals surface area (Å²) in [6.45, 7) is 3.96. The average molecular weight is 269 g/mol. The summed E-state index contributed by atoms with van der Waals surface area (Å²) in [6.07, 6.45) is 0.708. The predicted molar refractivity (Wildman–Crippen MR) is 72.0 cm³/mol. The van der Waals surface area contributed by atoms with Gasteiger partial charge in [-0.2, -0.15) is 0 Å². The third-order valence-electron chi connectivity index (χ3n) is 2.48. The van der Waals surface area contributed by atoms with E-state index in [-0.39, 0.29) is 30.3 Å². The fraction of sp³-hybridized carbons (Fsp3) is 0.538. The lowest BCUT2D eigenvalue weighted by Crippen LogP contribution is -2.41. The molecule has 0 saturated carbocycles. The van der Waals surface area contributed by atoms with E-state index >= 15 is 0 Å². The molecule has 0 radical (unpaired) electrons. The SMILES string of the molecule is COC(=O)CCC(NC(C)C)C(=O)c1cccs1. The molecule has 5 heteroatoms. The highest BCUT2D eigenvalue weighted by Gasteiger charge is 2.22. The summed E-state index contributed by atoms with van der Waals surface area (Å²) in [4.78, 5) is 24.1. The smallest absolute Gasteiger partial charge is 0.305 e. The number of carbonyl (C=O) groups is 2. The molecule has 0 bridgehead atoms. The van der Waals surface area contributed by atoms with Crippen LogP contribution in [0.1, 0.15) is 36.4 Å². The Hall–Kier alpha value is -1.20. The summed E-state index contributed by atoms with van der Waals surface area (Å²) in [5, 5.41) is 5.07. The van der Waals surface area contributed by atoms with Crippen LogP contribution in [0.2, 0.25) is 0 Å². The molecule has 0 aromatic carbocycles. The molecule has 0 amide bonds. The first-order valence-electron chi connectivity index (χ1n) is 5.95. The van der Waals surface area contributed by atoms with Crippen LogP contribution in [0.3, 0.4) is 0 Å². The van der Waals surface area contributed by atoms with Gasteiger partial charge in [-0.3, -0.25) is 9.59 Å². The van der Waals surface area contributed by atoms with E-state index in [0.717, 1.165) is 4.88 Å². The summed E-state index contributed by atoms with van der Waals surface area (Å²) in [7, 11) is 1.36. The normalized spacial score (nSPS) is 12.4. The van der Waals surface area contributed by atoms with Crippen LogP contribution < -0.4 is 5.32 Å². The molecular weight excluding hydrogens is 250 g/mol. The maximum atomic E-state index is 12.2. The number of esters is 1. The number of ether oxygens (including phenoxy) is 1. The molecule has 1 N–H and O–H groups in total. The van der Waals surface area contributed by atoms with E-state index in [1.165, 1.54) is 18.4 Å². The van der Waals surface area contributed by atoms with Gasteiger partial charge in [0.2, 0.25) is 0 Å². The van der Waals surface area contributed by atoms with Crippen LogP contribution in [0.15, 0.2) is 17.5 Å². The van der Waals surface area contributed by atoms with Gasteiger partial charge < -0.3 is 10.1 Å². The minimum atomic E-state index is -0.331. The van der Waals surface area contributed by atoms with Gasteiger partial charge in [-0.25, -0.2) is 0 Å². The molecule has 1 heterocycles. The highest BCUT2D eigenvalue weighted by atomic mass is 32.1. The molecular formula is C13H19NO3S. The van der Waals surface area contributed by atoms with Gasteiger partial charge in [-0.15, -0.1) is 11.3 Å². The Bertz CT molecular complexity index is 387. The van der Waals surface area contributed by atoms with Crippen molar-refractivity contribution in [3.8, 4) is 0 Å². The molecule has 1 atom stereocenters. The molecule has 4 nitrogen and oxygen atoms in total. The number of methoxy groups -OCH3 is 1. The summed E-state index contributed by atoms with van der Waals surface area (Å²) >= 11 is 1.42. The van der Waals surface area contributed by atoms with E-state index in [0.29, 0.717) is 6.42 Å². The minimum Gasteiger partial charge on any atom is -0.469 e. The van der Waals surface area contributed by atoms with Crippen LogP contribution in [0.4, 0.5) is 0 Å². The first-order valence-corrected chi connectivity index (χ1v) is 6.83. The highest BCUT2D eigenvalue weighted by Crippen LogP contribution is 2.14. The fourth-order valence-electron chi connectivity index (χ4n) is 1.65. The molecule has 100 valence electrons. The van der Waals surface area contributed by atoms with E-state index in [2.05, 4.69) is 10.1 Å². The minimum absolute atomic E-state index is 0.0441. The van der Waals surface area contributed by atoms with Crippen molar-refractivity contribution in [3.63, 3.8) is 0 Å². The van der Waals surface area contributed by atoms with Crippen LogP contribution in [0.5, 0.6) is 0 Å². The number of hydrogen-bond donors (Lipinski definition) is 1. The number of carbonyl (C=O) groups excluding carboxylic acids is 2. The van der Waals surface area contributed by atoms with Crippen LogP contribution in [0.25, 0.3) is 0 Å². The van der Waals surface area contributed by atoms with Crippen molar-refractivity contribution >= 4 is 23.1 Å². The molecule has 1 rings (SSSR count). The average Bonchev–Trinajstić information content (AvgIpc) is 2.86. The number of hydrogen-bond acceptors (Lipinski definition) is 5. The van der Waals surface area contributed by atoms with Gasteiger partial charge in [-0.1, -0.05) is 19.9 Å². The lowest BCUT2D eigenvalue weighted by molar-refractivity contribution is -0.140. The summed E-state index contributed by atoms with van der Waals surface area (Å²) < 4.78 is 4.60. The van der Waals surface area contributed by atoms with Gasteiger partial charge in [0, 0.05) is 12.5 Å². The van der Waals surface area contributed by atoms with Crippen LogP contribution in [-0.2, 0) is 9.53 Å². The number of nitrogens with one attached hydrogen (secondary N) is 1. The van der Waals surface area contributed by atoms with Crippen molar-refractivity contribution in [3.05, 3.63) is 22.4 Å². The molecule has 0 spiro atoms. The van der Waals surface area contributed by atoms with Gasteiger partial charge in [0.15, 0.2) is 5.78 Å². The van der Waals surface area contributed by atoms with Crippen molar-refractivity contribution < 1.29 is 14.3 Å². The molecule has 0 saturated heterocycles. The van der Waals surface area contributed by atoms with Gasteiger partial charge in [-0.05, 0) is 17.9 Å². The Morgan fingerprint density at radius 1 is 1.44 bits per heavy atom. The number of rotatable bonds is 7. The molecule has 0 aliphatic rings. The Balaban J connectivity index is 2.65. The quantitative estimate of drug-likeness (QED) is 0.609. The van der Waals surface area contributed by atoms with Crippen molar-refractivity contribution in [1.82, 2.24) is 5.32 Å². The van der Waals surface area contributed by atoms with Gasteiger partial charge in [0.1, 0.15) is 0 Å². The van der Waals surface area contributed by atoms with Crippen LogP contribution in [0, 0.1) is 0 Å². The monoisotopic (exact) mass is 269 g/mol. The number of Topliss-reactive ketones (excluding diaryl/α,β-unsaturated/α-hetero) is 1. The van der Waals surface area contributed by atoms with Gasteiger partial charge >= 0.3 is 5.97 Å². The van der Waals surface area contributed by atoms with E-state index in [4.69, 9.17) is 0 Å². The van der Waals surface area contributed by atoms with Crippen LogP contribution >= 0.6 is 11.3 Å². The van der Waals surface area contributed by atoms with Crippen molar-refractivity contribution in [1.29, 1.82) is 0 Å². The molecule has 1 aromatic rings. The lowest BCUT2D eigenvalue weighted by Gasteiger charge is -2.19. The Labute approximate surface area is 111 Å². The zero-order valence-corrected chi connectivity index (χ0v) is 11.8. The first-order chi connectivity index (χ1) is 8.54. The van der Waals surface area contributed by atoms with E-state index in [9.17, 15) is 9.59 Å². The second kappa shape index (κ2) is 7.28. The maximum Gasteiger partial charge on any atom is 0.305 e. The molecule has 0 aliphatic carbocycles. The largest absolute Gasteiger partial charge is 0.469 e. The molecule has 18 heavy (non-hydrogen) atoms. The highest BCUT2D eigenvalue weighted by molar-refractivity contribution is 7.12. The summed E-state index contributed by atoms with van der Waals surface area (Å²) in [5.74, 6) is -0.243. The Morgan fingerprint density at radius 2 is 2.17 bits per heavy atom. The van der Waals surface area contributed by atoms with Crippen molar-refractivity contribution in [2.45, 2.75) is 38.8 Å². The van der Waals surface area contributed by atoms with Crippen molar-refractivity contribution in [2.75, 3.05) is 7.11 Å². The third kappa shape index (κ3) is 4.58. The lowest BCUT2D eigenvalue weighted by atomic mass is 10.0. The molecule has 1 aromatic heterocycles. The number of ketones is 1. The zero-order chi connectivity index (χ0) is 13.5. The molecule has 0 fully saturated rings. The summed E-state index contributed by atoms with van der Waals surface area (Å²) in [6, 6.07) is 3.52. The second-order valence-corrected chi connectivity index (χ2v) is 5.28. The zero-order valence-electron chi connectivity index (χ0n) is 10.9. The maximum absolute atomic E-state index is 12.2. The van der Waals surface area contributed by atoms with Gasteiger partial charge in [0.05, 0.1) is 18.0 Å². The van der Waals surface area contributed by atoms with E-state index in [1.807, 2.05) is 25.3 Å². The fourth-order valence-corrected chi connectivity index (χ4v) is 2.37. The van der Waals surface area contributed by atoms with E-state index in [1.54, 1.807) is 6.07 Å². The predicted octanol–water partition coefficient (Wildman–Crippen LogP) is 2.25.